The van der Waals surface area contributed by atoms with Gasteiger partial charge in [0.1, 0.15) is 0 Å². The highest BCUT2D eigenvalue weighted by Gasteiger charge is 2.09. The normalized spacial score (nSPS) is 10.3. The van der Waals surface area contributed by atoms with E-state index in [1.807, 2.05) is 32.0 Å². The second-order valence-electron chi connectivity index (χ2n) is 3.72. The Kier molecular flexibility index (Phi) is 3.44. The summed E-state index contributed by atoms with van der Waals surface area (Å²) in [7, 11) is 0. The van der Waals surface area contributed by atoms with Gasteiger partial charge in [0, 0.05) is 5.56 Å². The van der Waals surface area contributed by atoms with Crippen LogP contribution in [0.15, 0.2) is 22.5 Å². The van der Waals surface area contributed by atoms with Gasteiger partial charge in [-0.2, -0.15) is 0 Å². The van der Waals surface area contributed by atoms with Crippen LogP contribution < -0.4 is 5.32 Å². The van der Waals surface area contributed by atoms with Crippen LogP contribution >= 0.6 is 24.0 Å². The second-order valence-corrected chi connectivity index (χ2v) is 5.42. The number of rotatable bonds is 2. The lowest BCUT2D eigenvalue weighted by molar-refractivity contribution is 0.102. The van der Waals surface area contributed by atoms with Crippen molar-refractivity contribution in [3.8, 4) is 0 Å². The van der Waals surface area contributed by atoms with Crippen LogP contribution in [0.1, 0.15) is 21.5 Å². The lowest BCUT2D eigenvalue weighted by Crippen LogP contribution is -2.12. The summed E-state index contributed by atoms with van der Waals surface area (Å²) in [5, 5.41) is 10.7. The van der Waals surface area contributed by atoms with Gasteiger partial charge in [-0.05, 0) is 26.0 Å². The molecule has 17 heavy (non-hydrogen) atoms. The zero-order valence-corrected chi connectivity index (χ0v) is 11.1. The Balaban J connectivity index is 2.19. The number of carbonyl (C=O) groups excluding carboxylic acids is 1. The first-order chi connectivity index (χ1) is 8.04. The van der Waals surface area contributed by atoms with E-state index >= 15 is 0 Å². The third kappa shape index (κ3) is 3.04. The van der Waals surface area contributed by atoms with Gasteiger partial charge in [0.05, 0.1) is 0 Å². The topological polar surface area (TPSA) is 54.9 Å². The summed E-state index contributed by atoms with van der Waals surface area (Å²) in [6.07, 6.45) is 0. The molecule has 1 aromatic carbocycles. The minimum Gasteiger partial charge on any atom is -0.296 e. The summed E-state index contributed by atoms with van der Waals surface area (Å²) in [6.45, 7) is 3.92. The number of benzene rings is 1. The van der Waals surface area contributed by atoms with Gasteiger partial charge in [0.25, 0.3) is 5.91 Å². The summed E-state index contributed by atoms with van der Waals surface area (Å²) in [5.41, 5.74) is 2.74. The maximum atomic E-state index is 11.9. The number of amides is 1. The summed E-state index contributed by atoms with van der Waals surface area (Å²) >= 11 is 5.27. The van der Waals surface area contributed by atoms with Crippen molar-refractivity contribution >= 4 is 35.0 Å². The van der Waals surface area contributed by atoms with Crippen LogP contribution in [0.2, 0.25) is 0 Å². The second kappa shape index (κ2) is 4.85. The molecule has 1 aromatic heterocycles. The Labute approximate surface area is 108 Å². The van der Waals surface area contributed by atoms with E-state index in [4.69, 9.17) is 0 Å². The Morgan fingerprint density at radius 3 is 2.41 bits per heavy atom. The van der Waals surface area contributed by atoms with Gasteiger partial charge in [-0.1, -0.05) is 28.5 Å². The smallest absolute Gasteiger partial charge is 0.257 e. The highest BCUT2D eigenvalue weighted by atomic mass is 32.2. The third-order valence-electron chi connectivity index (χ3n) is 2.12. The molecule has 2 aromatic rings. The molecule has 0 aliphatic rings. The molecule has 0 bridgehead atoms. The number of aromatic nitrogens is 2. The van der Waals surface area contributed by atoms with Crippen molar-refractivity contribution in [2.24, 2.45) is 0 Å². The Bertz CT molecular complexity index is 545. The maximum Gasteiger partial charge on any atom is 0.257 e. The Morgan fingerprint density at radius 1 is 1.24 bits per heavy atom. The van der Waals surface area contributed by atoms with Gasteiger partial charge in [0.2, 0.25) is 5.13 Å². The first kappa shape index (κ1) is 12.1. The maximum absolute atomic E-state index is 11.9. The lowest BCUT2D eigenvalue weighted by atomic mass is 10.1. The van der Waals surface area contributed by atoms with E-state index in [-0.39, 0.29) is 5.91 Å². The standard InChI is InChI=1S/C11H11N3OS2/c1-6-3-7(2)5-8(4-6)9(15)12-10-13-14-11(16)17-10/h3-5H,1-2H3,(H,14,16)(H,12,13,15). The molecule has 0 aliphatic carbocycles. The summed E-state index contributed by atoms with van der Waals surface area (Å²) in [4.78, 5) is 11.9. The molecule has 1 N–H and O–H groups in total. The van der Waals surface area contributed by atoms with Crippen molar-refractivity contribution in [2.75, 3.05) is 5.32 Å². The first-order valence-electron chi connectivity index (χ1n) is 4.97. The number of anilines is 1. The number of thiol groups is 1. The van der Waals surface area contributed by atoms with Crippen molar-refractivity contribution in [2.45, 2.75) is 18.2 Å². The number of hydrogen-bond donors (Lipinski definition) is 2. The molecule has 4 nitrogen and oxygen atoms in total. The van der Waals surface area contributed by atoms with E-state index < -0.39 is 0 Å². The fourth-order valence-electron chi connectivity index (χ4n) is 1.54. The molecule has 0 atom stereocenters. The fourth-order valence-corrected chi connectivity index (χ4v) is 2.33. The molecular formula is C11H11N3OS2. The summed E-state index contributed by atoms with van der Waals surface area (Å²) < 4.78 is 0.528. The lowest BCUT2D eigenvalue weighted by Gasteiger charge is -2.04. The molecule has 6 heteroatoms. The van der Waals surface area contributed by atoms with Gasteiger partial charge in [0.15, 0.2) is 4.34 Å². The average Bonchev–Trinajstić information content (AvgIpc) is 2.62. The quantitative estimate of drug-likeness (QED) is 0.648. The molecule has 88 valence electrons. The molecule has 2 rings (SSSR count). The van der Waals surface area contributed by atoms with Crippen molar-refractivity contribution < 1.29 is 4.79 Å². The number of nitrogens with one attached hydrogen (secondary N) is 1. The van der Waals surface area contributed by atoms with Crippen LogP contribution in [0.25, 0.3) is 0 Å². The van der Waals surface area contributed by atoms with Crippen molar-refractivity contribution in [1.29, 1.82) is 0 Å². The molecule has 1 amide bonds. The predicted molar refractivity (Wildman–Crippen MR) is 71.0 cm³/mol. The van der Waals surface area contributed by atoms with Gasteiger partial charge in [-0.15, -0.1) is 22.8 Å². The van der Waals surface area contributed by atoms with Crippen molar-refractivity contribution in [1.82, 2.24) is 10.2 Å². The van der Waals surface area contributed by atoms with Crippen LogP contribution in [-0.2, 0) is 0 Å². The molecule has 0 saturated carbocycles. The van der Waals surface area contributed by atoms with Gasteiger partial charge in [-0.3, -0.25) is 10.1 Å². The zero-order valence-electron chi connectivity index (χ0n) is 9.39. The Hall–Kier alpha value is -1.40. The van der Waals surface area contributed by atoms with Crippen LogP contribution in [-0.4, -0.2) is 16.1 Å². The van der Waals surface area contributed by atoms with Crippen LogP contribution in [0.5, 0.6) is 0 Å². The predicted octanol–water partition coefficient (Wildman–Crippen LogP) is 2.70. The van der Waals surface area contributed by atoms with E-state index in [0.717, 1.165) is 11.1 Å². The van der Waals surface area contributed by atoms with Crippen molar-refractivity contribution in [3.05, 3.63) is 34.9 Å². The molecule has 0 unspecified atom stereocenters. The molecule has 0 saturated heterocycles. The van der Waals surface area contributed by atoms with E-state index in [1.165, 1.54) is 11.3 Å². The molecule has 1 heterocycles. The molecule has 0 fully saturated rings. The minimum atomic E-state index is -0.179. The third-order valence-corrected chi connectivity index (χ3v) is 3.12. The number of carbonyl (C=O) groups is 1. The summed E-state index contributed by atoms with van der Waals surface area (Å²) in [6, 6.07) is 5.70. The van der Waals surface area contributed by atoms with E-state index in [2.05, 4.69) is 28.1 Å². The number of nitrogens with zero attached hydrogens (tertiary/aromatic N) is 2. The zero-order chi connectivity index (χ0) is 12.4. The van der Waals surface area contributed by atoms with Crippen LogP contribution in [0, 0.1) is 13.8 Å². The van der Waals surface area contributed by atoms with Gasteiger partial charge >= 0.3 is 0 Å². The highest BCUT2D eigenvalue weighted by Crippen LogP contribution is 2.19. The molecule has 0 spiro atoms. The van der Waals surface area contributed by atoms with Gasteiger partial charge in [-0.25, -0.2) is 0 Å². The first-order valence-corrected chi connectivity index (χ1v) is 6.23. The SMILES string of the molecule is Cc1cc(C)cc(C(=O)Nc2nnc(S)s2)c1. The van der Waals surface area contributed by atoms with E-state index in [9.17, 15) is 4.79 Å². The van der Waals surface area contributed by atoms with E-state index in [1.54, 1.807) is 0 Å². The van der Waals surface area contributed by atoms with Crippen LogP contribution in [0.4, 0.5) is 5.13 Å². The average molecular weight is 265 g/mol. The number of aryl methyl sites for hydroxylation is 2. The van der Waals surface area contributed by atoms with Gasteiger partial charge < -0.3 is 0 Å². The van der Waals surface area contributed by atoms with Crippen molar-refractivity contribution in [3.63, 3.8) is 0 Å². The van der Waals surface area contributed by atoms with Crippen LogP contribution in [0.3, 0.4) is 0 Å². The fraction of sp³-hybridized carbons (Fsp3) is 0.182. The molecule has 0 radical (unpaired) electrons. The Morgan fingerprint density at radius 2 is 1.88 bits per heavy atom. The number of hydrogen-bond acceptors (Lipinski definition) is 5. The highest BCUT2D eigenvalue weighted by molar-refractivity contribution is 7.82. The largest absolute Gasteiger partial charge is 0.296 e. The summed E-state index contributed by atoms with van der Waals surface area (Å²) in [5.74, 6) is -0.179. The molecule has 0 aliphatic heterocycles. The molecular weight excluding hydrogens is 254 g/mol. The van der Waals surface area contributed by atoms with E-state index in [0.29, 0.717) is 15.0 Å². The monoisotopic (exact) mass is 265 g/mol. The minimum absolute atomic E-state index is 0.179.